The molecule has 1 aromatic rings. The summed E-state index contributed by atoms with van der Waals surface area (Å²) in [6, 6.07) is 2.91. The van der Waals surface area contributed by atoms with Crippen LogP contribution in [0.25, 0.3) is 0 Å². The highest BCUT2D eigenvalue weighted by Gasteiger charge is 2.26. The van der Waals surface area contributed by atoms with Crippen LogP contribution in [0, 0.1) is 5.92 Å². The molecule has 3 atom stereocenters. The van der Waals surface area contributed by atoms with Crippen LogP contribution in [0.1, 0.15) is 44.2 Å². The Hall–Kier alpha value is -0.250. The van der Waals surface area contributed by atoms with E-state index in [9.17, 15) is 0 Å². The molecule has 3 heteroatoms. The normalized spacial score (nSPS) is 31.3. The molecule has 2 unspecified atom stereocenters. The van der Waals surface area contributed by atoms with Crippen molar-refractivity contribution in [3.8, 4) is 0 Å². The standard InChI is InChI=1S/C15H21NS2/c1-11-9-14(13-7-8-17-15(13)18-11)16-10-12-5-3-2-4-6-12/h2-3,7-8,11-12,14,16H,4-6,9-10H2,1H3/t11-,12?,14?/m0/s1. The Morgan fingerprint density at radius 2 is 2.33 bits per heavy atom. The SMILES string of the molecule is C[C@H]1CC(NCC2CC=CCC2)c2ccsc2S1. The third-order valence-corrected chi connectivity index (χ3v) is 6.28. The molecule has 1 aliphatic carbocycles. The van der Waals surface area contributed by atoms with Gasteiger partial charge in [-0.3, -0.25) is 0 Å². The molecule has 0 amide bonds. The van der Waals surface area contributed by atoms with E-state index in [0.29, 0.717) is 6.04 Å². The molecule has 1 aromatic heterocycles. The molecule has 1 aliphatic heterocycles. The molecule has 0 radical (unpaired) electrons. The minimum atomic E-state index is 0.591. The zero-order chi connectivity index (χ0) is 12.4. The summed E-state index contributed by atoms with van der Waals surface area (Å²) in [6.45, 7) is 3.53. The summed E-state index contributed by atoms with van der Waals surface area (Å²) in [7, 11) is 0. The first-order valence-electron chi connectivity index (χ1n) is 6.95. The second-order valence-corrected chi connectivity index (χ2v) is 8.06. The predicted octanol–water partition coefficient (Wildman–Crippen LogP) is 4.62. The summed E-state index contributed by atoms with van der Waals surface area (Å²) < 4.78 is 1.54. The number of hydrogen-bond acceptors (Lipinski definition) is 3. The number of fused-ring (bicyclic) bond motifs is 1. The number of rotatable bonds is 3. The van der Waals surface area contributed by atoms with Crippen molar-refractivity contribution in [3.63, 3.8) is 0 Å². The van der Waals surface area contributed by atoms with Gasteiger partial charge in [-0.1, -0.05) is 19.1 Å². The number of nitrogens with one attached hydrogen (secondary N) is 1. The van der Waals surface area contributed by atoms with Crippen molar-refractivity contribution in [2.24, 2.45) is 5.92 Å². The smallest absolute Gasteiger partial charge is 0.0649 e. The van der Waals surface area contributed by atoms with Crippen LogP contribution >= 0.6 is 23.1 Å². The lowest BCUT2D eigenvalue weighted by atomic mass is 9.93. The van der Waals surface area contributed by atoms with Crippen LogP contribution in [-0.4, -0.2) is 11.8 Å². The van der Waals surface area contributed by atoms with Crippen LogP contribution in [0.2, 0.25) is 0 Å². The maximum absolute atomic E-state index is 3.82. The lowest BCUT2D eigenvalue weighted by molar-refractivity contribution is 0.391. The molecule has 18 heavy (non-hydrogen) atoms. The topological polar surface area (TPSA) is 12.0 Å². The highest BCUT2D eigenvalue weighted by atomic mass is 32.2. The van der Waals surface area contributed by atoms with Crippen molar-refractivity contribution in [1.82, 2.24) is 5.32 Å². The summed E-state index contributed by atoms with van der Waals surface area (Å²) in [5, 5.41) is 6.82. The number of thioether (sulfide) groups is 1. The molecular formula is C15H21NS2. The van der Waals surface area contributed by atoms with E-state index in [0.717, 1.165) is 11.2 Å². The predicted molar refractivity (Wildman–Crippen MR) is 81.5 cm³/mol. The van der Waals surface area contributed by atoms with Gasteiger partial charge < -0.3 is 5.32 Å². The summed E-state index contributed by atoms with van der Waals surface area (Å²) in [5.41, 5.74) is 1.55. The minimum absolute atomic E-state index is 0.591. The molecule has 2 aliphatic rings. The Bertz CT molecular complexity index is 424. The fourth-order valence-electron chi connectivity index (χ4n) is 2.89. The molecule has 3 rings (SSSR count). The monoisotopic (exact) mass is 279 g/mol. The Labute approximate surface area is 118 Å². The molecule has 0 fully saturated rings. The molecule has 1 N–H and O–H groups in total. The average molecular weight is 279 g/mol. The average Bonchev–Trinajstić information content (AvgIpc) is 2.85. The zero-order valence-electron chi connectivity index (χ0n) is 10.9. The van der Waals surface area contributed by atoms with Crippen molar-refractivity contribution in [3.05, 3.63) is 29.2 Å². The van der Waals surface area contributed by atoms with E-state index in [1.54, 1.807) is 5.56 Å². The second kappa shape index (κ2) is 5.81. The lowest BCUT2D eigenvalue weighted by Gasteiger charge is -2.29. The highest BCUT2D eigenvalue weighted by molar-refractivity contribution is 8.01. The van der Waals surface area contributed by atoms with E-state index < -0.39 is 0 Å². The van der Waals surface area contributed by atoms with Crippen molar-refractivity contribution in [2.45, 2.75) is 48.1 Å². The molecular weight excluding hydrogens is 258 g/mol. The molecule has 0 aromatic carbocycles. The van der Waals surface area contributed by atoms with Crippen molar-refractivity contribution < 1.29 is 0 Å². The van der Waals surface area contributed by atoms with Gasteiger partial charge in [-0.25, -0.2) is 0 Å². The summed E-state index contributed by atoms with van der Waals surface area (Å²) in [4.78, 5) is 0. The molecule has 2 heterocycles. The van der Waals surface area contributed by atoms with E-state index in [4.69, 9.17) is 0 Å². The van der Waals surface area contributed by atoms with Crippen molar-refractivity contribution in [1.29, 1.82) is 0 Å². The maximum atomic E-state index is 3.82. The van der Waals surface area contributed by atoms with Crippen LogP contribution in [0.3, 0.4) is 0 Å². The molecule has 0 bridgehead atoms. The van der Waals surface area contributed by atoms with E-state index >= 15 is 0 Å². The Kier molecular flexibility index (Phi) is 4.12. The molecule has 0 saturated carbocycles. The number of allylic oxidation sites excluding steroid dienone is 2. The van der Waals surface area contributed by atoms with Crippen molar-refractivity contribution in [2.75, 3.05) is 6.54 Å². The highest BCUT2D eigenvalue weighted by Crippen LogP contribution is 2.43. The Morgan fingerprint density at radius 1 is 1.39 bits per heavy atom. The molecule has 98 valence electrons. The van der Waals surface area contributed by atoms with Gasteiger partial charge in [-0.05, 0) is 55.2 Å². The molecule has 0 spiro atoms. The van der Waals surface area contributed by atoms with Crippen LogP contribution in [-0.2, 0) is 0 Å². The second-order valence-electron chi connectivity index (χ2n) is 5.44. The maximum Gasteiger partial charge on any atom is 0.0649 e. The van der Waals surface area contributed by atoms with Crippen LogP contribution in [0.15, 0.2) is 27.8 Å². The van der Waals surface area contributed by atoms with Gasteiger partial charge in [0.1, 0.15) is 0 Å². The van der Waals surface area contributed by atoms with Crippen LogP contribution in [0.4, 0.5) is 0 Å². The van der Waals surface area contributed by atoms with E-state index in [1.165, 1.54) is 36.4 Å². The van der Waals surface area contributed by atoms with Gasteiger partial charge in [0.2, 0.25) is 0 Å². The number of thiophene rings is 1. The quantitative estimate of drug-likeness (QED) is 0.810. The fourth-order valence-corrected chi connectivity index (χ4v) is 5.46. The van der Waals surface area contributed by atoms with Gasteiger partial charge in [0.05, 0.1) is 4.21 Å². The lowest BCUT2D eigenvalue weighted by Crippen LogP contribution is -2.31. The third kappa shape index (κ3) is 2.84. The van der Waals surface area contributed by atoms with E-state index in [2.05, 4.69) is 47.6 Å². The largest absolute Gasteiger partial charge is 0.310 e. The summed E-state index contributed by atoms with van der Waals surface area (Å²) in [6.07, 6.45) is 9.85. The zero-order valence-corrected chi connectivity index (χ0v) is 12.5. The van der Waals surface area contributed by atoms with E-state index in [1.807, 2.05) is 11.3 Å². The first kappa shape index (κ1) is 12.8. The molecule has 0 saturated heterocycles. The first-order valence-corrected chi connectivity index (χ1v) is 8.71. The van der Waals surface area contributed by atoms with Crippen LogP contribution in [0.5, 0.6) is 0 Å². The molecule has 1 nitrogen and oxygen atoms in total. The van der Waals surface area contributed by atoms with Gasteiger partial charge in [0.25, 0.3) is 0 Å². The van der Waals surface area contributed by atoms with Gasteiger partial charge in [0, 0.05) is 11.3 Å². The van der Waals surface area contributed by atoms with Crippen LogP contribution < -0.4 is 5.32 Å². The Balaban J connectivity index is 1.61. The summed E-state index contributed by atoms with van der Waals surface area (Å²) in [5.74, 6) is 0.849. The van der Waals surface area contributed by atoms with Gasteiger partial charge in [0.15, 0.2) is 0 Å². The Morgan fingerprint density at radius 3 is 3.17 bits per heavy atom. The first-order chi connectivity index (χ1) is 8.83. The van der Waals surface area contributed by atoms with Gasteiger partial charge >= 0.3 is 0 Å². The number of hydrogen-bond donors (Lipinski definition) is 1. The van der Waals surface area contributed by atoms with Gasteiger partial charge in [-0.2, -0.15) is 0 Å². The fraction of sp³-hybridized carbons (Fsp3) is 0.600. The third-order valence-electron chi connectivity index (χ3n) is 3.94. The summed E-state index contributed by atoms with van der Waals surface area (Å²) >= 11 is 3.96. The van der Waals surface area contributed by atoms with Gasteiger partial charge in [-0.15, -0.1) is 23.1 Å². The van der Waals surface area contributed by atoms with Crippen molar-refractivity contribution >= 4 is 23.1 Å². The van der Waals surface area contributed by atoms with E-state index in [-0.39, 0.29) is 0 Å². The minimum Gasteiger partial charge on any atom is -0.310 e.